The summed E-state index contributed by atoms with van der Waals surface area (Å²) in [5.41, 5.74) is 1.22. The minimum absolute atomic E-state index is 0.179. The predicted octanol–water partition coefficient (Wildman–Crippen LogP) is 6.30. The van der Waals surface area contributed by atoms with Gasteiger partial charge < -0.3 is 0 Å². The van der Waals surface area contributed by atoms with E-state index in [0.29, 0.717) is 11.3 Å². The molecule has 2 atom stereocenters. The number of aryl methyl sites for hydroxylation is 1. The first-order valence-electron chi connectivity index (χ1n) is 10.6. The standard InChI is InChI=1S/C24H31F2NO2S/c1-3-4-5-6-7-11-14-22(28)24(25,26)23(20-12-9-8-10-13-20)27-30(29)21-17-15-19(2)16-18-21/h8-10,12-13,15-18,23,27H,3-7,11,14H2,1-2H3/t23?,30-/m0/s1. The second kappa shape index (κ2) is 12.1. The first-order chi connectivity index (χ1) is 14.4. The van der Waals surface area contributed by atoms with Gasteiger partial charge in [0.15, 0.2) is 0 Å². The van der Waals surface area contributed by atoms with Gasteiger partial charge in [-0.2, -0.15) is 8.78 Å². The summed E-state index contributed by atoms with van der Waals surface area (Å²) in [6.07, 6.45) is 5.27. The highest BCUT2D eigenvalue weighted by Crippen LogP contribution is 2.34. The van der Waals surface area contributed by atoms with Crippen LogP contribution in [-0.4, -0.2) is 15.9 Å². The molecule has 2 aromatic carbocycles. The molecule has 1 unspecified atom stereocenters. The van der Waals surface area contributed by atoms with Gasteiger partial charge in [-0.25, -0.2) is 8.93 Å². The third-order valence-corrected chi connectivity index (χ3v) is 6.23. The number of unbranched alkanes of at least 4 members (excludes halogenated alkanes) is 5. The average molecular weight is 436 g/mol. The Balaban J connectivity index is 2.12. The molecule has 0 spiro atoms. The zero-order valence-corrected chi connectivity index (χ0v) is 18.5. The lowest BCUT2D eigenvalue weighted by Gasteiger charge is -2.27. The van der Waals surface area contributed by atoms with E-state index in [9.17, 15) is 9.00 Å². The highest BCUT2D eigenvalue weighted by molar-refractivity contribution is 7.83. The van der Waals surface area contributed by atoms with E-state index in [0.717, 1.165) is 37.7 Å². The molecule has 0 aliphatic rings. The number of ketones is 1. The third kappa shape index (κ3) is 7.10. The maximum absolute atomic E-state index is 15.2. The molecule has 0 aromatic heterocycles. The largest absolute Gasteiger partial charge is 0.325 e. The minimum atomic E-state index is -3.66. The Labute approximate surface area is 180 Å². The van der Waals surface area contributed by atoms with Crippen LogP contribution < -0.4 is 4.72 Å². The van der Waals surface area contributed by atoms with Crippen LogP contribution in [0.15, 0.2) is 59.5 Å². The van der Waals surface area contributed by atoms with Crippen LogP contribution in [0.4, 0.5) is 8.78 Å². The van der Waals surface area contributed by atoms with Crippen LogP contribution in [0.1, 0.15) is 69.0 Å². The van der Waals surface area contributed by atoms with Crippen molar-refractivity contribution in [3.05, 3.63) is 65.7 Å². The lowest BCUT2D eigenvalue weighted by molar-refractivity contribution is -0.147. The summed E-state index contributed by atoms with van der Waals surface area (Å²) in [5, 5.41) is 0. The van der Waals surface area contributed by atoms with E-state index in [1.165, 1.54) is 12.1 Å². The number of hydrogen-bond acceptors (Lipinski definition) is 2. The zero-order valence-electron chi connectivity index (χ0n) is 17.7. The maximum Gasteiger partial charge on any atom is 0.325 e. The van der Waals surface area contributed by atoms with Gasteiger partial charge in [0.2, 0.25) is 5.78 Å². The summed E-state index contributed by atoms with van der Waals surface area (Å²) < 4.78 is 45.6. The summed E-state index contributed by atoms with van der Waals surface area (Å²) in [6.45, 7) is 4.00. The van der Waals surface area contributed by atoms with E-state index in [4.69, 9.17) is 0 Å². The number of carbonyl (C=O) groups is 1. The van der Waals surface area contributed by atoms with Crippen molar-refractivity contribution in [1.82, 2.24) is 4.72 Å². The summed E-state index contributed by atoms with van der Waals surface area (Å²) in [5.74, 6) is -4.77. The average Bonchev–Trinajstić information content (AvgIpc) is 2.75. The second-order valence-corrected chi connectivity index (χ2v) is 8.85. The van der Waals surface area contributed by atoms with E-state index in [-0.39, 0.29) is 12.0 Å². The molecule has 0 aliphatic heterocycles. The fraction of sp³-hybridized carbons (Fsp3) is 0.458. The third-order valence-electron chi connectivity index (χ3n) is 5.08. The number of benzene rings is 2. The van der Waals surface area contributed by atoms with Crippen molar-refractivity contribution in [1.29, 1.82) is 0 Å². The SMILES string of the molecule is CCCCCCCCC(=O)C(F)(F)C(N[S@@](=O)c1ccc(C)cc1)c1ccccc1. The molecule has 0 saturated heterocycles. The first kappa shape index (κ1) is 24.4. The molecule has 0 amide bonds. The number of hydrogen-bond donors (Lipinski definition) is 1. The van der Waals surface area contributed by atoms with Crippen molar-refractivity contribution in [3.63, 3.8) is 0 Å². The van der Waals surface area contributed by atoms with Crippen LogP contribution in [0, 0.1) is 6.92 Å². The van der Waals surface area contributed by atoms with Crippen molar-refractivity contribution in [2.45, 2.75) is 75.7 Å². The molecule has 2 rings (SSSR count). The first-order valence-corrected chi connectivity index (χ1v) is 11.7. The Morgan fingerprint density at radius 2 is 1.57 bits per heavy atom. The van der Waals surface area contributed by atoms with Crippen LogP contribution in [0.2, 0.25) is 0 Å². The molecule has 6 heteroatoms. The molecular weight excluding hydrogens is 404 g/mol. The number of carbonyl (C=O) groups excluding carboxylic acids is 1. The van der Waals surface area contributed by atoms with Crippen molar-refractivity contribution in [3.8, 4) is 0 Å². The summed E-state index contributed by atoms with van der Waals surface area (Å²) in [4.78, 5) is 12.8. The Kier molecular flexibility index (Phi) is 9.79. The molecule has 3 nitrogen and oxygen atoms in total. The molecule has 0 bridgehead atoms. The Morgan fingerprint density at radius 1 is 0.967 bits per heavy atom. The molecule has 0 radical (unpaired) electrons. The lowest BCUT2D eigenvalue weighted by Crippen LogP contribution is -2.44. The quantitative estimate of drug-likeness (QED) is 0.375. The van der Waals surface area contributed by atoms with E-state index >= 15 is 8.78 Å². The van der Waals surface area contributed by atoms with Gasteiger partial charge in [0.25, 0.3) is 0 Å². The highest BCUT2D eigenvalue weighted by Gasteiger charge is 2.47. The van der Waals surface area contributed by atoms with Crippen molar-refractivity contribution >= 4 is 16.8 Å². The Hall–Kier alpha value is -1.92. The van der Waals surface area contributed by atoms with Gasteiger partial charge in [-0.3, -0.25) is 4.79 Å². The van der Waals surface area contributed by atoms with Gasteiger partial charge in [-0.05, 0) is 31.0 Å². The topological polar surface area (TPSA) is 46.2 Å². The number of nitrogens with one attached hydrogen (secondary N) is 1. The van der Waals surface area contributed by atoms with Crippen LogP contribution in [0.3, 0.4) is 0 Å². The van der Waals surface area contributed by atoms with Gasteiger partial charge in [-0.1, -0.05) is 87.1 Å². The zero-order chi connectivity index (χ0) is 22.0. The molecule has 164 valence electrons. The molecule has 0 saturated carbocycles. The predicted molar refractivity (Wildman–Crippen MR) is 118 cm³/mol. The number of Topliss-reactive ketones (excluding diaryl/α,β-unsaturated/α-hetero) is 1. The minimum Gasteiger partial charge on any atom is -0.293 e. The molecule has 30 heavy (non-hydrogen) atoms. The normalized spacial score (nSPS) is 13.7. The van der Waals surface area contributed by atoms with Crippen LogP contribution in [-0.2, 0) is 15.8 Å². The van der Waals surface area contributed by atoms with E-state index in [1.54, 1.807) is 42.5 Å². The fourth-order valence-corrected chi connectivity index (χ4v) is 4.24. The Bertz CT molecular complexity index is 810. The number of rotatable bonds is 13. The van der Waals surface area contributed by atoms with Gasteiger partial charge in [0.05, 0.1) is 4.90 Å². The van der Waals surface area contributed by atoms with E-state index < -0.39 is 28.7 Å². The molecule has 2 aromatic rings. The molecule has 0 aliphatic carbocycles. The van der Waals surface area contributed by atoms with Crippen molar-refractivity contribution in [2.75, 3.05) is 0 Å². The maximum atomic E-state index is 15.2. The molecule has 0 heterocycles. The summed E-state index contributed by atoms with van der Waals surface area (Å²) in [6, 6.07) is 13.2. The summed E-state index contributed by atoms with van der Waals surface area (Å²) >= 11 is 0. The van der Waals surface area contributed by atoms with Gasteiger partial charge in [0, 0.05) is 6.42 Å². The van der Waals surface area contributed by atoms with Gasteiger partial charge in [0.1, 0.15) is 17.0 Å². The second-order valence-electron chi connectivity index (χ2n) is 7.61. The fourth-order valence-electron chi connectivity index (χ4n) is 3.23. The molecule has 0 fully saturated rings. The van der Waals surface area contributed by atoms with Crippen LogP contribution in [0.5, 0.6) is 0 Å². The van der Waals surface area contributed by atoms with Gasteiger partial charge >= 0.3 is 5.92 Å². The number of halogens is 2. The van der Waals surface area contributed by atoms with E-state index in [1.807, 2.05) is 6.92 Å². The van der Waals surface area contributed by atoms with Crippen LogP contribution in [0.25, 0.3) is 0 Å². The Morgan fingerprint density at radius 3 is 2.20 bits per heavy atom. The van der Waals surface area contributed by atoms with Crippen molar-refractivity contribution in [2.24, 2.45) is 0 Å². The van der Waals surface area contributed by atoms with Crippen LogP contribution >= 0.6 is 0 Å². The molecular formula is C24H31F2NO2S. The van der Waals surface area contributed by atoms with Gasteiger partial charge in [-0.15, -0.1) is 0 Å². The van der Waals surface area contributed by atoms with E-state index in [2.05, 4.69) is 11.6 Å². The smallest absolute Gasteiger partial charge is 0.293 e. The molecule has 1 N–H and O–H groups in total. The van der Waals surface area contributed by atoms with Crippen molar-refractivity contribution < 1.29 is 17.8 Å². The monoisotopic (exact) mass is 435 g/mol. The summed E-state index contributed by atoms with van der Waals surface area (Å²) in [7, 11) is -1.88. The highest BCUT2D eigenvalue weighted by atomic mass is 32.2. The lowest BCUT2D eigenvalue weighted by atomic mass is 9.95. The number of alkyl halides is 2.